The molecule has 78 valence electrons. The van der Waals surface area contributed by atoms with Crippen LogP contribution >= 0.6 is 12.6 Å². The highest BCUT2D eigenvalue weighted by Crippen LogP contribution is 2.21. The van der Waals surface area contributed by atoms with Crippen molar-refractivity contribution >= 4 is 29.5 Å². The van der Waals surface area contributed by atoms with Crippen LogP contribution in [0.15, 0.2) is 24.3 Å². The van der Waals surface area contributed by atoms with Crippen LogP contribution < -0.4 is 0 Å². The van der Waals surface area contributed by atoms with E-state index in [1.807, 2.05) is 23.7 Å². The normalized spacial score (nSPS) is 10.8. The molecule has 0 radical (unpaired) electrons. The lowest BCUT2D eigenvalue weighted by Crippen LogP contribution is -1.97. The summed E-state index contributed by atoms with van der Waals surface area (Å²) in [6.07, 6.45) is 0. The average Bonchev–Trinajstić information content (AvgIpc) is 2.55. The first-order valence-electron chi connectivity index (χ1n) is 4.56. The van der Waals surface area contributed by atoms with Crippen LogP contribution in [-0.4, -0.2) is 15.6 Å². The predicted octanol–water partition coefficient (Wildman–Crippen LogP) is 2.31. The van der Waals surface area contributed by atoms with Gasteiger partial charge in [-0.05, 0) is 23.6 Å². The molecule has 1 heterocycles. The Balaban J connectivity index is 2.70. The number of carboxylic acid groups (broad SMARTS) is 1. The Kier molecular flexibility index (Phi) is 2.44. The van der Waals surface area contributed by atoms with Crippen LogP contribution in [0.5, 0.6) is 0 Å². The van der Waals surface area contributed by atoms with Crippen LogP contribution in [0.25, 0.3) is 10.9 Å². The molecule has 0 spiro atoms. The zero-order chi connectivity index (χ0) is 11.0. The maximum atomic E-state index is 10.8. The summed E-state index contributed by atoms with van der Waals surface area (Å²) in [4.78, 5) is 10.8. The first-order chi connectivity index (χ1) is 7.13. The van der Waals surface area contributed by atoms with Crippen molar-refractivity contribution in [2.24, 2.45) is 7.05 Å². The number of carbonyl (C=O) groups is 1. The zero-order valence-electron chi connectivity index (χ0n) is 8.27. The fourth-order valence-corrected chi connectivity index (χ4v) is 1.98. The molecular formula is C11H11NO2S. The third kappa shape index (κ3) is 1.61. The lowest BCUT2D eigenvalue weighted by molar-refractivity contribution is 0.0697. The van der Waals surface area contributed by atoms with Crippen molar-refractivity contribution in [1.29, 1.82) is 0 Å². The lowest BCUT2D eigenvalue weighted by atomic mass is 10.1. The van der Waals surface area contributed by atoms with Gasteiger partial charge in [-0.2, -0.15) is 12.6 Å². The van der Waals surface area contributed by atoms with Crippen molar-refractivity contribution in [3.05, 3.63) is 35.5 Å². The van der Waals surface area contributed by atoms with Gasteiger partial charge >= 0.3 is 5.97 Å². The molecule has 0 aliphatic rings. The van der Waals surface area contributed by atoms with E-state index >= 15 is 0 Å². The first kappa shape index (κ1) is 10.1. The van der Waals surface area contributed by atoms with E-state index in [2.05, 4.69) is 12.6 Å². The molecular weight excluding hydrogens is 210 g/mol. The SMILES string of the molecule is Cn1c(CS)cc2ccc(C(=O)O)cc21. The highest BCUT2D eigenvalue weighted by Gasteiger charge is 2.08. The van der Waals surface area contributed by atoms with E-state index in [0.717, 1.165) is 16.6 Å². The highest BCUT2D eigenvalue weighted by atomic mass is 32.1. The molecule has 15 heavy (non-hydrogen) atoms. The van der Waals surface area contributed by atoms with Gasteiger partial charge in [0, 0.05) is 24.0 Å². The summed E-state index contributed by atoms with van der Waals surface area (Å²) in [5, 5.41) is 9.92. The number of aryl methyl sites for hydroxylation is 1. The van der Waals surface area contributed by atoms with E-state index in [0.29, 0.717) is 11.3 Å². The maximum Gasteiger partial charge on any atom is 0.335 e. The smallest absolute Gasteiger partial charge is 0.335 e. The molecule has 3 nitrogen and oxygen atoms in total. The molecule has 1 aromatic heterocycles. The number of benzene rings is 1. The van der Waals surface area contributed by atoms with Gasteiger partial charge in [0.15, 0.2) is 0 Å². The van der Waals surface area contributed by atoms with Gasteiger partial charge in [-0.1, -0.05) is 6.07 Å². The van der Waals surface area contributed by atoms with Gasteiger partial charge in [-0.25, -0.2) is 4.79 Å². The standard InChI is InChI=1S/C11H11NO2S/c1-12-9(6-15)4-7-2-3-8(11(13)14)5-10(7)12/h2-5,15H,6H2,1H3,(H,13,14). The van der Waals surface area contributed by atoms with Crippen molar-refractivity contribution in [3.63, 3.8) is 0 Å². The number of carboxylic acids is 1. The van der Waals surface area contributed by atoms with Gasteiger partial charge in [0.25, 0.3) is 0 Å². The number of thiol groups is 1. The number of rotatable bonds is 2. The quantitative estimate of drug-likeness (QED) is 0.764. The van der Waals surface area contributed by atoms with Gasteiger partial charge in [0.2, 0.25) is 0 Å². The van der Waals surface area contributed by atoms with Gasteiger partial charge in [0.05, 0.1) is 5.56 Å². The average molecular weight is 221 g/mol. The molecule has 0 amide bonds. The third-order valence-corrected chi connectivity index (χ3v) is 2.88. The largest absolute Gasteiger partial charge is 0.478 e. The molecule has 0 aliphatic carbocycles. The molecule has 0 saturated carbocycles. The monoisotopic (exact) mass is 221 g/mol. The van der Waals surface area contributed by atoms with Crippen molar-refractivity contribution in [3.8, 4) is 0 Å². The minimum atomic E-state index is -0.898. The molecule has 1 N–H and O–H groups in total. The minimum absolute atomic E-state index is 0.314. The molecule has 1 aromatic carbocycles. The second kappa shape index (κ2) is 3.62. The first-order valence-corrected chi connectivity index (χ1v) is 5.19. The molecule has 4 heteroatoms. The van der Waals surface area contributed by atoms with E-state index in [9.17, 15) is 4.79 Å². The van der Waals surface area contributed by atoms with E-state index in [1.165, 1.54) is 0 Å². The number of aromatic carboxylic acids is 1. The van der Waals surface area contributed by atoms with Crippen LogP contribution in [0.3, 0.4) is 0 Å². The third-order valence-electron chi connectivity index (χ3n) is 2.55. The summed E-state index contributed by atoms with van der Waals surface area (Å²) in [5.74, 6) is -0.251. The van der Waals surface area contributed by atoms with Crippen molar-refractivity contribution in [2.45, 2.75) is 5.75 Å². The number of hydrogen-bond donors (Lipinski definition) is 2. The Hall–Kier alpha value is -1.42. The second-order valence-corrected chi connectivity index (χ2v) is 3.75. The number of fused-ring (bicyclic) bond motifs is 1. The molecule has 0 unspecified atom stereocenters. The van der Waals surface area contributed by atoms with E-state index in [4.69, 9.17) is 5.11 Å². The summed E-state index contributed by atoms with van der Waals surface area (Å²) >= 11 is 4.22. The fraction of sp³-hybridized carbons (Fsp3) is 0.182. The van der Waals surface area contributed by atoms with Gasteiger partial charge in [-0.3, -0.25) is 0 Å². The Morgan fingerprint density at radius 2 is 2.20 bits per heavy atom. The molecule has 0 saturated heterocycles. The number of hydrogen-bond acceptors (Lipinski definition) is 2. The zero-order valence-corrected chi connectivity index (χ0v) is 9.16. The van der Waals surface area contributed by atoms with Crippen molar-refractivity contribution in [1.82, 2.24) is 4.57 Å². The van der Waals surface area contributed by atoms with E-state index in [1.54, 1.807) is 12.1 Å². The van der Waals surface area contributed by atoms with Crippen LogP contribution in [0, 0.1) is 0 Å². The van der Waals surface area contributed by atoms with E-state index in [-0.39, 0.29) is 0 Å². The minimum Gasteiger partial charge on any atom is -0.478 e. The summed E-state index contributed by atoms with van der Waals surface area (Å²) in [5.41, 5.74) is 2.32. The Morgan fingerprint density at radius 1 is 1.47 bits per heavy atom. The molecule has 2 rings (SSSR count). The molecule has 0 fully saturated rings. The molecule has 0 bridgehead atoms. The lowest BCUT2D eigenvalue weighted by Gasteiger charge is -2.01. The maximum absolute atomic E-state index is 10.8. The van der Waals surface area contributed by atoms with Crippen molar-refractivity contribution in [2.75, 3.05) is 0 Å². The Morgan fingerprint density at radius 3 is 2.80 bits per heavy atom. The summed E-state index contributed by atoms with van der Waals surface area (Å²) in [7, 11) is 1.92. The number of aromatic nitrogens is 1. The Bertz CT molecular complexity index is 531. The molecule has 0 aliphatic heterocycles. The summed E-state index contributed by atoms with van der Waals surface area (Å²) in [6, 6.07) is 7.15. The summed E-state index contributed by atoms with van der Waals surface area (Å²) < 4.78 is 1.97. The summed E-state index contributed by atoms with van der Waals surface area (Å²) in [6.45, 7) is 0. The van der Waals surface area contributed by atoms with Gasteiger partial charge in [-0.15, -0.1) is 0 Å². The molecule has 0 atom stereocenters. The van der Waals surface area contributed by atoms with Crippen LogP contribution in [0.1, 0.15) is 16.1 Å². The topological polar surface area (TPSA) is 42.2 Å². The van der Waals surface area contributed by atoms with Crippen LogP contribution in [0.2, 0.25) is 0 Å². The van der Waals surface area contributed by atoms with Gasteiger partial charge in [0.1, 0.15) is 0 Å². The van der Waals surface area contributed by atoms with E-state index < -0.39 is 5.97 Å². The number of nitrogens with zero attached hydrogens (tertiary/aromatic N) is 1. The predicted molar refractivity (Wildman–Crippen MR) is 62.6 cm³/mol. The van der Waals surface area contributed by atoms with Crippen LogP contribution in [0.4, 0.5) is 0 Å². The molecule has 2 aromatic rings. The second-order valence-electron chi connectivity index (χ2n) is 3.43. The Labute approximate surface area is 92.7 Å². The van der Waals surface area contributed by atoms with Gasteiger partial charge < -0.3 is 9.67 Å². The van der Waals surface area contributed by atoms with Crippen LogP contribution in [-0.2, 0) is 12.8 Å². The fourth-order valence-electron chi connectivity index (χ4n) is 1.67. The highest BCUT2D eigenvalue weighted by molar-refractivity contribution is 7.79. The van der Waals surface area contributed by atoms with Crippen molar-refractivity contribution < 1.29 is 9.90 Å².